The maximum Gasteiger partial charge on any atom is 0.316 e. The number of methoxy groups -OCH3 is 3. The third-order valence-corrected chi connectivity index (χ3v) is 5.54. The summed E-state index contributed by atoms with van der Waals surface area (Å²) in [7, 11) is 4.56. The molecule has 0 atom stereocenters. The minimum atomic E-state index is -0.346. The van der Waals surface area contributed by atoms with Crippen LogP contribution in [0.5, 0.6) is 11.5 Å². The van der Waals surface area contributed by atoms with Gasteiger partial charge in [0.05, 0.1) is 32.8 Å². The lowest BCUT2D eigenvalue weighted by molar-refractivity contribution is -0.137. The van der Waals surface area contributed by atoms with Gasteiger partial charge in [-0.05, 0) is 18.2 Å². The Morgan fingerprint density at radius 3 is 2.70 bits per heavy atom. The third-order valence-electron chi connectivity index (χ3n) is 4.64. The summed E-state index contributed by atoms with van der Waals surface area (Å²) in [6.45, 7) is 0. The third kappa shape index (κ3) is 3.59. The molecular formula is C21H20N4O4S. The van der Waals surface area contributed by atoms with Crippen LogP contribution in [-0.2, 0) is 9.53 Å². The molecule has 1 N–H and O–H groups in total. The van der Waals surface area contributed by atoms with Gasteiger partial charge in [-0.1, -0.05) is 30.0 Å². The molecule has 30 heavy (non-hydrogen) atoms. The molecule has 0 unspecified atom stereocenters. The van der Waals surface area contributed by atoms with Crippen LogP contribution < -0.4 is 9.47 Å². The lowest BCUT2D eigenvalue weighted by atomic mass is 10.1. The number of hydrogen-bond donors (Lipinski definition) is 1. The van der Waals surface area contributed by atoms with E-state index in [0.717, 1.165) is 16.5 Å². The molecule has 154 valence electrons. The minimum absolute atomic E-state index is 0.106. The second-order valence-corrected chi connectivity index (χ2v) is 7.23. The fourth-order valence-electron chi connectivity index (χ4n) is 3.17. The molecule has 0 fully saturated rings. The van der Waals surface area contributed by atoms with E-state index in [1.165, 1.54) is 18.9 Å². The Morgan fingerprint density at radius 1 is 1.10 bits per heavy atom. The molecule has 2 aromatic carbocycles. The number of para-hydroxylation sites is 1. The fraction of sp³-hybridized carbons (Fsp3) is 0.190. The minimum Gasteiger partial charge on any atom is -0.497 e. The zero-order valence-electron chi connectivity index (χ0n) is 16.7. The van der Waals surface area contributed by atoms with Crippen LogP contribution in [0.1, 0.15) is 0 Å². The molecular weight excluding hydrogens is 404 g/mol. The lowest BCUT2D eigenvalue weighted by Crippen LogP contribution is -2.06. The number of H-pyrrole nitrogens is 1. The van der Waals surface area contributed by atoms with E-state index in [-0.39, 0.29) is 11.7 Å². The van der Waals surface area contributed by atoms with Crippen molar-refractivity contribution in [1.82, 2.24) is 19.7 Å². The Hall–Kier alpha value is -3.46. The van der Waals surface area contributed by atoms with Gasteiger partial charge in [0.1, 0.15) is 11.5 Å². The number of ether oxygens (including phenoxy) is 3. The highest BCUT2D eigenvalue weighted by Gasteiger charge is 2.22. The maximum absolute atomic E-state index is 11.7. The first-order chi connectivity index (χ1) is 14.7. The van der Waals surface area contributed by atoms with Gasteiger partial charge >= 0.3 is 5.97 Å². The number of aromatic amines is 1. The summed E-state index contributed by atoms with van der Waals surface area (Å²) in [4.78, 5) is 15.0. The maximum atomic E-state index is 11.7. The molecule has 0 saturated heterocycles. The van der Waals surface area contributed by atoms with Gasteiger partial charge in [-0.3, -0.25) is 9.36 Å². The zero-order valence-corrected chi connectivity index (χ0v) is 17.5. The highest BCUT2D eigenvalue weighted by Crippen LogP contribution is 2.36. The molecule has 4 aromatic rings. The van der Waals surface area contributed by atoms with Gasteiger partial charge in [-0.15, -0.1) is 10.2 Å². The van der Waals surface area contributed by atoms with Gasteiger partial charge in [0, 0.05) is 28.7 Å². The van der Waals surface area contributed by atoms with Crippen molar-refractivity contribution < 1.29 is 19.0 Å². The summed E-state index contributed by atoms with van der Waals surface area (Å²) >= 11 is 1.24. The summed E-state index contributed by atoms with van der Waals surface area (Å²) in [5.74, 6) is 1.66. The van der Waals surface area contributed by atoms with Crippen molar-refractivity contribution in [2.24, 2.45) is 0 Å². The number of carbonyl (C=O) groups is 1. The van der Waals surface area contributed by atoms with E-state index in [1.54, 1.807) is 14.2 Å². The fourth-order valence-corrected chi connectivity index (χ4v) is 3.94. The summed E-state index contributed by atoms with van der Waals surface area (Å²) in [5.41, 5.74) is 2.57. The van der Waals surface area contributed by atoms with Crippen LogP contribution in [0.2, 0.25) is 0 Å². The van der Waals surface area contributed by atoms with Gasteiger partial charge in [-0.25, -0.2) is 0 Å². The molecule has 0 amide bonds. The topological polar surface area (TPSA) is 91.3 Å². The van der Waals surface area contributed by atoms with Crippen molar-refractivity contribution in [3.05, 3.63) is 48.7 Å². The van der Waals surface area contributed by atoms with Crippen molar-refractivity contribution in [2.75, 3.05) is 27.1 Å². The standard InChI is InChI=1S/C21H20N4O4S/c1-27-13-8-9-18(28-2)17(10-13)25-20(23-24-21(25)30-12-19(26)29-3)15-11-22-16-7-5-4-6-14(15)16/h4-11,22H,12H2,1-3H3. The summed E-state index contributed by atoms with van der Waals surface area (Å²) in [6.07, 6.45) is 1.90. The normalized spacial score (nSPS) is 10.9. The Kier molecular flexibility index (Phi) is 5.62. The SMILES string of the molecule is COC(=O)CSc1nnc(-c2c[nH]c3ccccc23)n1-c1cc(OC)ccc1OC. The van der Waals surface area contributed by atoms with Crippen molar-refractivity contribution in [2.45, 2.75) is 5.16 Å². The molecule has 0 saturated carbocycles. The van der Waals surface area contributed by atoms with E-state index in [4.69, 9.17) is 14.2 Å². The number of thioether (sulfide) groups is 1. The lowest BCUT2D eigenvalue weighted by Gasteiger charge is -2.15. The van der Waals surface area contributed by atoms with Crippen LogP contribution in [0, 0.1) is 0 Å². The Morgan fingerprint density at radius 2 is 1.93 bits per heavy atom. The van der Waals surface area contributed by atoms with Crippen LogP contribution in [0.25, 0.3) is 28.0 Å². The van der Waals surface area contributed by atoms with Crippen LogP contribution in [0.4, 0.5) is 0 Å². The number of nitrogens with zero attached hydrogens (tertiary/aromatic N) is 3. The molecule has 2 heterocycles. The van der Waals surface area contributed by atoms with Gasteiger partial charge in [0.25, 0.3) is 0 Å². The summed E-state index contributed by atoms with van der Waals surface area (Å²) < 4.78 is 17.6. The second-order valence-electron chi connectivity index (χ2n) is 6.29. The quantitative estimate of drug-likeness (QED) is 0.357. The van der Waals surface area contributed by atoms with Crippen molar-refractivity contribution in [3.8, 4) is 28.6 Å². The zero-order chi connectivity index (χ0) is 21.1. The van der Waals surface area contributed by atoms with E-state index in [0.29, 0.717) is 28.2 Å². The molecule has 0 radical (unpaired) electrons. The average molecular weight is 424 g/mol. The number of esters is 1. The number of rotatable bonds is 7. The van der Waals surface area contributed by atoms with Crippen LogP contribution in [-0.4, -0.2) is 52.8 Å². The predicted octanol–water partition coefficient (Wildman–Crippen LogP) is 3.70. The molecule has 8 nitrogen and oxygen atoms in total. The monoisotopic (exact) mass is 424 g/mol. The van der Waals surface area contributed by atoms with Crippen molar-refractivity contribution >= 4 is 28.6 Å². The number of nitrogens with one attached hydrogen (secondary N) is 1. The number of fused-ring (bicyclic) bond motifs is 1. The average Bonchev–Trinajstić information content (AvgIpc) is 3.40. The van der Waals surface area contributed by atoms with Crippen molar-refractivity contribution in [1.29, 1.82) is 0 Å². The molecule has 0 spiro atoms. The molecule has 9 heteroatoms. The van der Waals surface area contributed by atoms with E-state index in [2.05, 4.69) is 15.2 Å². The van der Waals surface area contributed by atoms with E-state index < -0.39 is 0 Å². The molecule has 4 rings (SSSR count). The largest absolute Gasteiger partial charge is 0.497 e. The van der Waals surface area contributed by atoms with Crippen LogP contribution in [0.15, 0.2) is 53.8 Å². The van der Waals surface area contributed by atoms with Gasteiger partial charge in [0.15, 0.2) is 11.0 Å². The van der Waals surface area contributed by atoms with E-state index in [9.17, 15) is 4.79 Å². The predicted molar refractivity (Wildman–Crippen MR) is 114 cm³/mol. The van der Waals surface area contributed by atoms with Gasteiger partial charge in [-0.2, -0.15) is 0 Å². The van der Waals surface area contributed by atoms with E-state index >= 15 is 0 Å². The Labute approximate surface area is 177 Å². The first kappa shape index (κ1) is 19.8. The van der Waals surface area contributed by atoms with Crippen LogP contribution >= 0.6 is 11.8 Å². The molecule has 0 aliphatic rings. The number of hydrogen-bond acceptors (Lipinski definition) is 7. The first-order valence-corrected chi connectivity index (χ1v) is 10.1. The van der Waals surface area contributed by atoms with Gasteiger partial charge < -0.3 is 19.2 Å². The number of benzene rings is 2. The summed E-state index contributed by atoms with van der Waals surface area (Å²) in [5, 5.41) is 10.3. The Bertz CT molecular complexity index is 1200. The van der Waals surface area contributed by atoms with Gasteiger partial charge in [0.2, 0.25) is 0 Å². The molecule has 0 bridgehead atoms. The van der Waals surface area contributed by atoms with E-state index in [1.807, 2.05) is 53.2 Å². The number of aromatic nitrogens is 4. The second kappa shape index (κ2) is 8.50. The molecule has 0 aliphatic heterocycles. The smallest absolute Gasteiger partial charge is 0.316 e. The molecule has 0 aliphatic carbocycles. The van der Waals surface area contributed by atoms with Crippen molar-refractivity contribution in [3.63, 3.8) is 0 Å². The van der Waals surface area contributed by atoms with Crippen LogP contribution in [0.3, 0.4) is 0 Å². The number of carbonyl (C=O) groups excluding carboxylic acids is 1. The Balaban J connectivity index is 1.92. The molecule has 2 aromatic heterocycles. The highest BCUT2D eigenvalue weighted by molar-refractivity contribution is 7.99. The first-order valence-electron chi connectivity index (χ1n) is 9.10. The highest BCUT2D eigenvalue weighted by atomic mass is 32.2. The summed E-state index contributed by atoms with van der Waals surface area (Å²) in [6, 6.07) is 13.4.